The molecule has 1 rings (SSSR count). The molecule has 2 nitrogen and oxygen atoms in total. The maximum atomic E-state index is 4.34. The summed E-state index contributed by atoms with van der Waals surface area (Å²) in [7, 11) is 0. The second kappa shape index (κ2) is 7.98. The molecule has 0 heterocycles. The predicted molar refractivity (Wildman–Crippen MR) is 90.4 cm³/mol. The summed E-state index contributed by atoms with van der Waals surface area (Å²) < 4.78 is 0. The first-order chi connectivity index (χ1) is 9.57. The van der Waals surface area contributed by atoms with E-state index in [1.165, 1.54) is 37.6 Å². The molecule has 1 aliphatic carbocycles. The van der Waals surface area contributed by atoms with Gasteiger partial charge in [-0.15, -0.1) is 0 Å². The lowest BCUT2D eigenvalue weighted by Gasteiger charge is -2.32. The highest BCUT2D eigenvalue weighted by atomic mass is 14.8. The molecule has 0 aromatic rings. The minimum atomic E-state index is 0.115. The molecule has 2 heteroatoms. The number of hydrogen-bond acceptors (Lipinski definition) is 1. The zero-order valence-electron chi connectivity index (χ0n) is 13.4. The van der Waals surface area contributed by atoms with Crippen molar-refractivity contribution in [1.82, 2.24) is 0 Å². The van der Waals surface area contributed by atoms with Crippen molar-refractivity contribution in [3.8, 4) is 0 Å². The van der Waals surface area contributed by atoms with Crippen molar-refractivity contribution in [2.24, 2.45) is 21.3 Å². The summed E-state index contributed by atoms with van der Waals surface area (Å²) in [4.78, 5) is 8.03. The van der Waals surface area contributed by atoms with Crippen LogP contribution in [0.3, 0.4) is 0 Å². The average Bonchev–Trinajstić information content (AvgIpc) is 2.59. The van der Waals surface area contributed by atoms with Crippen molar-refractivity contribution in [3.05, 3.63) is 35.6 Å². The average molecular weight is 272 g/mol. The van der Waals surface area contributed by atoms with Crippen molar-refractivity contribution in [1.29, 1.82) is 0 Å². The van der Waals surface area contributed by atoms with E-state index in [2.05, 4.69) is 68.7 Å². The lowest BCUT2D eigenvalue weighted by atomic mass is 9.73. The van der Waals surface area contributed by atoms with Crippen molar-refractivity contribution in [3.63, 3.8) is 0 Å². The van der Waals surface area contributed by atoms with E-state index in [0.717, 1.165) is 5.70 Å². The van der Waals surface area contributed by atoms with Gasteiger partial charge in [-0.1, -0.05) is 58.3 Å². The molecule has 2 unspecified atom stereocenters. The largest absolute Gasteiger partial charge is 0.253 e. The third-order valence-corrected chi connectivity index (χ3v) is 4.25. The van der Waals surface area contributed by atoms with Crippen LogP contribution in [0.25, 0.3) is 0 Å². The third-order valence-electron chi connectivity index (χ3n) is 4.25. The molecular formula is C18H28N2. The second-order valence-electron chi connectivity index (χ2n) is 5.78. The fourth-order valence-electron chi connectivity index (χ4n) is 2.76. The first kappa shape index (κ1) is 16.6. The van der Waals surface area contributed by atoms with E-state index < -0.39 is 0 Å². The van der Waals surface area contributed by atoms with Gasteiger partial charge >= 0.3 is 0 Å². The Morgan fingerprint density at radius 1 is 1.30 bits per heavy atom. The topological polar surface area (TPSA) is 24.7 Å². The second-order valence-corrected chi connectivity index (χ2v) is 5.78. The number of nitrogens with zero attached hydrogens (tertiary/aromatic N) is 2. The van der Waals surface area contributed by atoms with Crippen molar-refractivity contribution < 1.29 is 0 Å². The van der Waals surface area contributed by atoms with E-state index in [9.17, 15) is 0 Å². The van der Waals surface area contributed by atoms with Crippen LogP contribution in [0.5, 0.6) is 0 Å². The van der Waals surface area contributed by atoms with Gasteiger partial charge < -0.3 is 0 Å². The van der Waals surface area contributed by atoms with Crippen LogP contribution in [-0.2, 0) is 0 Å². The van der Waals surface area contributed by atoms with Crippen LogP contribution in [0.1, 0.15) is 53.4 Å². The van der Waals surface area contributed by atoms with Crippen LogP contribution < -0.4 is 0 Å². The predicted octanol–water partition coefficient (Wildman–Crippen LogP) is 5.34. The Balaban J connectivity index is 2.97. The van der Waals surface area contributed by atoms with E-state index in [1.54, 1.807) is 0 Å². The minimum absolute atomic E-state index is 0.115. The summed E-state index contributed by atoms with van der Waals surface area (Å²) in [6.07, 6.45) is 15.5. The van der Waals surface area contributed by atoms with Gasteiger partial charge in [0.1, 0.15) is 6.34 Å². The number of hydrogen-bond donors (Lipinski definition) is 0. The van der Waals surface area contributed by atoms with Crippen LogP contribution in [0.15, 0.2) is 45.6 Å². The minimum Gasteiger partial charge on any atom is -0.253 e. The Morgan fingerprint density at radius 3 is 2.60 bits per heavy atom. The Kier molecular flexibility index (Phi) is 6.63. The molecule has 0 spiro atoms. The molecule has 0 amide bonds. The number of rotatable bonds is 7. The smallest absolute Gasteiger partial charge is 0.115 e. The van der Waals surface area contributed by atoms with Crippen LogP contribution in [0, 0.1) is 11.3 Å². The summed E-state index contributed by atoms with van der Waals surface area (Å²) in [5.74, 6) is 0.684. The quantitative estimate of drug-likeness (QED) is 0.441. The molecule has 0 radical (unpaired) electrons. The molecule has 0 aromatic carbocycles. The molecule has 0 bridgehead atoms. The molecule has 0 fully saturated rings. The Bertz CT molecular complexity index is 440. The van der Waals surface area contributed by atoms with Crippen LogP contribution in [0.4, 0.5) is 0 Å². The highest BCUT2D eigenvalue weighted by molar-refractivity contribution is 5.64. The van der Waals surface area contributed by atoms with Crippen LogP contribution in [0.2, 0.25) is 0 Å². The maximum Gasteiger partial charge on any atom is 0.115 e. The van der Waals surface area contributed by atoms with Gasteiger partial charge in [0.2, 0.25) is 0 Å². The standard InChI is InChI=1S/C18H28N2/c1-6-8-9-16(7-2)18(4)12-10-15(3)17(11-13-18)20-14-19-5/h10-14,16H,5-9H2,1-4H3. The first-order valence-electron chi connectivity index (χ1n) is 7.65. The molecule has 1 aliphatic rings. The molecule has 0 saturated heterocycles. The van der Waals surface area contributed by atoms with Gasteiger partial charge in [-0.25, -0.2) is 4.99 Å². The highest BCUT2D eigenvalue weighted by Gasteiger charge is 2.28. The molecule has 0 N–H and O–H groups in total. The monoisotopic (exact) mass is 272 g/mol. The highest BCUT2D eigenvalue weighted by Crippen LogP contribution is 2.39. The van der Waals surface area contributed by atoms with Gasteiger partial charge in [-0.2, -0.15) is 0 Å². The molecule has 0 saturated carbocycles. The Labute approximate surface area is 124 Å². The lowest BCUT2D eigenvalue weighted by molar-refractivity contribution is 0.287. The summed E-state index contributed by atoms with van der Waals surface area (Å²) in [5.41, 5.74) is 2.27. The summed E-state index contributed by atoms with van der Waals surface area (Å²) >= 11 is 0. The number of allylic oxidation sites excluding steroid dienone is 5. The van der Waals surface area contributed by atoms with Crippen LogP contribution in [-0.4, -0.2) is 13.1 Å². The SMILES string of the molecule is C=NC=NC1=C(C)C=CC(C)(C(CC)CCCC)C=C1. The lowest BCUT2D eigenvalue weighted by Crippen LogP contribution is -2.22. The number of unbranched alkanes of at least 4 members (excludes halogenated alkanes) is 1. The molecule has 20 heavy (non-hydrogen) atoms. The van der Waals surface area contributed by atoms with Gasteiger partial charge in [0, 0.05) is 5.41 Å². The molecule has 110 valence electrons. The summed E-state index contributed by atoms with van der Waals surface area (Å²) in [6.45, 7) is 12.4. The third kappa shape index (κ3) is 4.29. The maximum absolute atomic E-state index is 4.34. The van der Waals surface area contributed by atoms with Crippen molar-refractivity contribution >= 4 is 13.1 Å². The van der Waals surface area contributed by atoms with Gasteiger partial charge in [-0.3, -0.25) is 4.99 Å². The molecule has 0 aromatic heterocycles. The van der Waals surface area contributed by atoms with E-state index in [4.69, 9.17) is 0 Å². The van der Waals surface area contributed by atoms with E-state index in [0.29, 0.717) is 5.92 Å². The van der Waals surface area contributed by atoms with Crippen LogP contribution >= 0.6 is 0 Å². The van der Waals surface area contributed by atoms with Gasteiger partial charge in [-0.05, 0) is 37.6 Å². The van der Waals surface area contributed by atoms with Gasteiger partial charge in [0.05, 0.1) is 5.70 Å². The first-order valence-corrected chi connectivity index (χ1v) is 7.65. The zero-order valence-corrected chi connectivity index (χ0v) is 13.4. The Morgan fingerprint density at radius 2 is 2.00 bits per heavy atom. The van der Waals surface area contributed by atoms with E-state index >= 15 is 0 Å². The fourth-order valence-corrected chi connectivity index (χ4v) is 2.76. The summed E-state index contributed by atoms with van der Waals surface area (Å²) in [6, 6.07) is 0. The Hall–Kier alpha value is -1.44. The molecule has 0 aliphatic heterocycles. The van der Waals surface area contributed by atoms with Crippen molar-refractivity contribution in [2.75, 3.05) is 0 Å². The molecule has 2 atom stereocenters. The zero-order chi connectivity index (χ0) is 15.0. The normalized spacial score (nSPS) is 24.2. The van der Waals surface area contributed by atoms with E-state index in [-0.39, 0.29) is 5.41 Å². The fraction of sp³-hybridized carbons (Fsp3) is 0.556. The van der Waals surface area contributed by atoms with Gasteiger partial charge in [0.25, 0.3) is 0 Å². The van der Waals surface area contributed by atoms with Gasteiger partial charge in [0.15, 0.2) is 0 Å². The van der Waals surface area contributed by atoms with E-state index in [1.807, 2.05) is 0 Å². The van der Waals surface area contributed by atoms with Crippen molar-refractivity contribution in [2.45, 2.75) is 53.4 Å². The number of aliphatic imine (C=N–C) groups is 2. The molecular weight excluding hydrogens is 244 g/mol. The summed E-state index contributed by atoms with van der Waals surface area (Å²) in [5, 5.41) is 0.